The van der Waals surface area contributed by atoms with Crippen molar-refractivity contribution in [2.24, 2.45) is 11.3 Å². The van der Waals surface area contributed by atoms with Crippen LogP contribution in [0.2, 0.25) is 0 Å². The highest BCUT2D eigenvalue weighted by Crippen LogP contribution is 2.53. The van der Waals surface area contributed by atoms with Crippen LogP contribution in [-0.4, -0.2) is 82.1 Å². The Labute approximate surface area is 208 Å². The Balaban J connectivity index is 1.67. The fraction of sp³-hybridized carbons (Fsp3) is 0.696. The number of fused-ring (bicyclic) bond motifs is 2. The van der Waals surface area contributed by atoms with Gasteiger partial charge in [-0.1, -0.05) is 0 Å². The Morgan fingerprint density at radius 3 is 2.47 bits per heavy atom. The van der Waals surface area contributed by atoms with Crippen LogP contribution < -0.4 is 0 Å². The number of nitrogens with zero attached hydrogens (tertiary/aromatic N) is 4. The van der Waals surface area contributed by atoms with Gasteiger partial charge in [-0.25, -0.2) is 17.5 Å². The average molecular weight is 533 g/mol. The summed E-state index contributed by atoms with van der Waals surface area (Å²) < 4.78 is 65.7. The molecule has 0 bridgehead atoms. The third kappa shape index (κ3) is 4.67. The summed E-state index contributed by atoms with van der Waals surface area (Å²) in [5.41, 5.74) is -1.97. The number of rotatable bonds is 3. The number of aromatic nitrogens is 1. The highest BCUT2D eigenvalue weighted by molar-refractivity contribution is 7.88. The molecule has 1 saturated heterocycles. The average Bonchev–Trinajstić information content (AvgIpc) is 3.25. The number of carboxylic acid groups (broad SMARTS) is 1. The number of alkyl halides is 3. The first-order chi connectivity index (χ1) is 16.4. The number of halogens is 3. The molecule has 0 unspecified atom stereocenters. The predicted molar refractivity (Wildman–Crippen MR) is 123 cm³/mol. The van der Waals surface area contributed by atoms with Crippen molar-refractivity contribution in [3.05, 3.63) is 29.1 Å². The minimum Gasteiger partial charge on any atom is -0.465 e. The number of hydrogen-bond donors (Lipinski definition) is 1. The molecular formula is C23H31F3N4O5S. The van der Waals surface area contributed by atoms with Crippen LogP contribution in [0.4, 0.5) is 18.0 Å². The molecule has 1 aromatic heterocycles. The van der Waals surface area contributed by atoms with Crippen LogP contribution in [0, 0.1) is 11.3 Å². The van der Waals surface area contributed by atoms with E-state index in [-0.39, 0.29) is 44.9 Å². The van der Waals surface area contributed by atoms with E-state index in [1.807, 2.05) is 0 Å². The van der Waals surface area contributed by atoms with Gasteiger partial charge in [0.15, 0.2) is 0 Å². The number of amides is 2. The number of carbonyl (C=O) groups is 2. The summed E-state index contributed by atoms with van der Waals surface area (Å²) in [6.07, 6.45) is -3.06. The Hall–Kier alpha value is -2.41. The smallest absolute Gasteiger partial charge is 0.417 e. The fourth-order valence-electron chi connectivity index (χ4n) is 6.13. The maximum absolute atomic E-state index is 14.1. The van der Waals surface area contributed by atoms with Gasteiger partial charge in [-0.05, 0) is 51.2 Å². The fourth-order valence-corrected chi connectivity index (χ4v) is 7.05. The minimum atomic E-state index is -4.56. The first-order valence-electron chi connectivity index (χ1n) is 11.8. The van der Waals surface area contributed by atoms with E-state index in [2.05, 4.69) is 4.98 Å². The second-order valence-electron chi connectivity index (χ2n) is 11.1. The van der Waals surface area contributed by atoms with E-state index >= 15 is 0 Å². The summed E-state index contributed by atoms with van der Waals surface area (Å²) in [4.78, 5) is 32.9. The van der Waals surface area contributed by atoms with Gasteiger partial charge in [0.2, 0.25) is 15.9 Å². The monoisotopic (exact) mass is 532 g/mol. The van der Waals surface area contributed by atoms with Crippen molar-refractivity contribution < 1.29 is 36.3 Å². The first-order valence-corrected chi connectivity index (χ1v) is 13.6. The lowest BCUT2D eigenvalue weighted by Gasteiger charge is -2.40. The summed E-state index contributed by atoms with van der Waals surface area (Å²) in [7, 11) is -3.60. The van der Waals surface area contributed by atoms with Gasteiger partial charge in [0.25, 0.3) is 0 Å². The van der Waals surface area contributed by atoms with E-state index in [1.165, 1.54) is 14.1 Å². The lowest BCUT2D eigenvalue weighted by molar-refractivity contribution is -0.144. The maximum Gasteiger partial charge on any atom is 0.417 e. The highest BCUT2D eigenvalue weighted by Gasteiger charge is 2.62. The predicted octanol–water partition coefficient (Wildman–Crippen LogP) is 2.80. The zero-order valence-electron chi connectivity index (χ0n) is 20.7. The van der Waals surface area contributed by atoms with Crippen LogP contribution in [0.1, 0.15) is 50.4 Å². The van der Waals surface area contributed by atoms with Crippen molar-refractivity contribution >= 4 is 22.0 Å². The molecule has 3 heterocycles. The molecule has 0 radical (unpaired) electrons. The summed E-state index contributed by atoms with van der Waals surface area (Å²) >= 11 is 0. The zero-order chi connectivity index (χ0) is 26.8. The van der Waals surface area contributed by atoms with E-state index in [9.17, 15) is 36.3 Å². The Bertz CT molecular complexity index is 1180. The van der Waals surface area contributed by atoms with Gasteiger partial charge in [-0.15, -0.1) is 0 Å². The SMILES string of the molecule is CC(C)(C)N(C(=O)O)[C@@H]1C[C@H]2CN(S(C)(=O)=O)C[C@@]2(C(=O)N2CCc3ncc(C(F)(F)F)cc3C2)C1. The molecule has 4 rings (SSSR count). The van der Waals surface area contributed by atoms with Crippen LogP contribution in [-0.2, 0) is 34.0 Å². The van der Waals surface area contributed by atoms with E-state index in [4.69, 9.17) is 0 Å². The van der Waals surface area contributed by atoms with E-state index < -0.39 is 50.8 Å². The second kappa shape index (κ2) is 8.57. The van der Waals surface area contributed by atoms with Crippen molar-refractivity contribution in [1.29, 1.82) is 0 Å². The van der Waals surface area contributed by atoms with E-state index in [1.54, 1.807) is 20.8 Å². The van der Waals surface area contributed by atoms with Gasteiger partial charge in [-0.2, -0.15) is 13.2 Å². The summed E-state index contributed by atoms with van der Waals surface area (Å²) in [6.45, 7) is 5.49. The van der Waals surface area contributed by atoms with E-state index in [0.29, 0.717) is 17.7 Å². The molecule has 1 aliphatic carbocycles. The lowest BCUT2D eigenvalue weighted by Crippen LogP contribution is -2.53. The zero-order valence-corrected chi connectivity index (χ0v) is 21.5. The molecule has 0 spiro atoms. The Morgan fingerprint density at radius 1 is 1.25 bits per heavy atom. The summed E-state index contributed by atoms with van der Waals surface area (Å²) in [6, 6.07) is 0.520. The number of hydrogen-bond acceptors (Lipinski definition) is 5. The molecule has 9 nitrogen and oxygen atoms in total. The molecule has 36 heavy (non-hydrogen) atoms. The van der Waals surface area contributed by atoms with Crippen LogP contribution in [0.5, 0.6) is 0 Å². The van der Waals surface area contributed by atoms with Gasteiger partial charge in [0.05, 0.1) is 17.2 Å². The van der Waals surface area contributed by atoms with Crippen molar-refractivity contribution in [3.63, 3.8) is 0 Å². The van der Waals surface area contributed by atoms with Crippen molar-refractivity contribution in [1.82, 2.24) is 19.1 Å². The largest absolute Gasteiger partial charge is 0.465 e. The number of pyridine rings is 1. The molecule has 200 valence electrons. The van der Waals surface area contributed by atoms with Gasteiger partial charge >= 0.3 is 12.3 Å². The maximum atomic E-state index is 14.1. The third-order valence-electron chi connectivity index (χ3n) is 7.66. The standard InChI is InChI=1S/C23H31F3N4O5S/c1-21(2,3)30(20(32)33)17-8-16-12-29(36(4,34)35)13-22(16,9-17)19(31)28-6-5-18-14(11-28)7-15(10-27-18)23(24,25)26/h7,10,16-17H,5-6,8-9,11-13H2,1-4H3,(H,32,33)/t16-,17+,22-/m0/s1. The Morgan fingerprint density at radius 2 is 1.92 bits per heavy atom. The topological polar surface area (TPSA) is 111 Å². The molecular weight excluding hydrogens is 501 g/mol. The van der Waals surface area contributed by atoms with Gasteiger partial charge in [0.1, 0.15) is 0 Å². The highest BCUT2D eigenvalue weighted by atomic mass is 32.2. The third-order valence-corrected chi connectivity index (χ3v) is 8.88. The molecule has 3 aliphatic rings. The lowest BCUT2D eigenvalue weighted by atomic mass is 9.78. The van der Waals surface area contributed by atoms with Crippen LogP contribution in [0.3, 0.4) is 0 Å². The van der Waals surface area contributed by atoms with Crippen molar-refractivity contribution in [2.45, 2.75) is 64.3 Å². The van der Waals surface area contributed by atoms with Crippen molar-refractivity contribution in [3.8, 4) is 0 Å². The van der Waals surface area contributed by atoms with Gasteiger partial charge in [0, 0.05) is 56.1 Å². The Kier molecular flexibility index (Phi) is 6.35. The minimum absolute atomic E-state index is 0.0645. The molecule has 3 atom stereocenters. The number of carbonyl (C=O) groups excluding carboxylic acids is 1. The second-order valence-corrected chi connectivity index (χ2v) is 13.1. The molecule has 2 amide bonds. The number of sulfonamides is 1. The van der Waals surface area contributed by atoms with E-state index in [0.717, 1.165) is 18.5 Å². The first kappa shape index (κ1) is 26.6. The molecule has 2 fully saturated rings. The quantitative estimate of drug-likeness (QED) is 0.641. The van der Waals surface area contributed by atoms with Crippen molar-refractivity contribution in [2.75, 3.05) is 25.9 Å². The summed E-state index contributed by atoms with van der Waals surface area (Å²) in [5, 5.41) is 9.91. The molecule has 2 aliphatic heterocycles. The normalized spacial score (nSPS) is 27.0. The van der Waals surface area contributed by atoms with Crippen LogP contribution in [0.15, 0.2) is 12.3 Å². The van der Waals surface area contributed by atoms with Gasteiger partial charge < -0.3 is 14.9 Å². The molecule has 13 heteroatoms. The summed E-state index contributed by atoms with van der Waals surface area (Å²) in [5.74, 6) is -0.751. The van der Waals surface area contributed by atoms with Crippen LogP contribution >= 0.6 is 0 Å². The molecule has 0 aromatic carbocycles. The molecule has 1 saturated carbocycles. The molecule has 1 aromatic rings. The van der Waals surface area contributed by atoms with Gasteiger partial charge in [-0.3, -0.25) is 9.78 Å². The molecule has 1 N–H and O–H groups in total. The van der Waals surface area contributed by atoms with Crippen LogP contribution in [0.25, 0.3) is 0 Å².